The second-order valence-electron chi connectivity index (χ2n) is 4.46. The summed E-state index contributed by atoms with van der Waals surface area (Å²) in [5.41, 5.74) is 2.60. The lowest BCUT2D eigenvalue weighted by atomic mass is 10.1. The molecule has 2 aromatic heterocycles. The first-order chi connectivity index (χ1) is 10.8. The van der Waals surface area contributed by atoms with Gasteiger partial charge in [0.05, 0.1) is 5.69 Å². The Kier molecular flexibility index (Phi) is 3.51. The van der Waals surface area contributed by atoms with E-state index < -0.39 is 0 Å². The summed E-state index contributed by atoms with van der Waals surface area (Å²) in [6.45, 7) is 0. The molecule has 6 heteroatoms. The molecule has 6 nitrogen and oxygen atoms in total. The molecule has 0 aliphatic carbocycles. The molecule has 0 fully saturated rings. The van der Waals surface area contributed by atoms with E-state index in [0.29, 0.717) is 5.78 Å². The molecular formula is C16H10N6. The van der Waals surface area contributed by atoms with Crippen molar-refractivity contribution in [3.8, 4) is 23.4 Å². The van der Waals surface area contributed by atoms with Gasteiger partial charge < -0.3 is 5.32 Å². The minimum Gasteiger partial charge on any atom is -0.360 e. The molecule has 0 spiro atoms. The van der Waals surface area contributed by atoms with Crippen molar-refractivity contribution < 1.29 is 0 Å². The Bertz CT molecular complexity index is 873. The summed E-state index contributed by atoms with van der Waals surface area (Å²) in [5, 5.41) is 20.2. The molecule has 0 saturated heterocycles. The molecule has 1 aromatic carbocycles. The highest BCUT2D eigenvalue weighted by Gasteiger charge is 2.04. The van der Waals surface area contributed by atoms with Crippen LogP contribution in [0.15, 0.2) is 60.7 Å². The van der Waals surface area contributed by atoms with Crippen LogP contribution in [0.1, 0.15) is 0 Å². The molecule has 104 valence electrons. The van der Waals surface area contributed by atoms with Gasteiger partial charge in [0.25, 0.3) is 0 Å². The van der Waals surface area contributed by atoms with Crippen LogP contribution in [0.5, 0.6) is 0 Å². The number of allylic oxidation sites excluding steroid dienone is 1. The van der Waals surface area contributed by atoms with E-state index in [1.807, 2.05) is 47.1 Å². The van der Waals surface area contributed by atoms with Gasteiger partial charge in [0, 0.05) is 36.0 Å². The second-order valence-corrected chi connectivity index (χ2v) is 4.46. The molecule has 0 radical (unpaired) electrons. The number of fused-ring (bicyclic) bond motifs is 1. The maximum atomic E-state index is 8.67. The SMILES string of the molecule is N#CC(C#N)=CNc1ccc(-c2cn3cccnc3n2)cc1. The van der Waals surface area contributed by atoms with Gasteiger partial charge in [-0.15, -0.1) is 0 Å². The number of nitrogens with one attached hydrogen (secondary N) is 1. The van der Waals surface area contributed by atoms with Gasteiger partial charge in [0.1, 0.15) is 17.7 Å². The fourth-order valence-electron chi connectivity index (χ4n) is 1.95. The Hall–Kier alpha value is -3.64. The summed E-state index contributed by atoms with van der Waals surface area (Å²) < 4.78 is 1.86. The number of benzene rings is 1. The third-order valence-corrected chi connectivity index (χ3v) is 3.04. The van der Waals surface area contributed by atoms with Crippen LogP contribution in [0.25, 0.3) is 17.0 Å². The second kappa shape index (κ2) is 5.78. The van der Waals surface area contributed by atoms with Gasteiger partial charge in [-0.25, -0.2) is 9.97 Å². The highest BCUT2D eigenvalue weighted by atomic mass is 15.1. The van der Waals surface area contributed by atoms with Gasteiger partial charge in [0.15, 0.2) is 0 Å². The Labute approximate surface area is 126 Å². The highest BCUT2D eigenvalue weighted by Crippen LogP contribution is 2.20. The van der Waals surface area contributed by atoms with Crippen LogP contribution < -0.4 is 5.32 Å². The Morgan fingerprint density at radius 2 is 1.95 bits per heavy atom. The largest absolute Gasteiger partial charge is 0.360 e. The quantitative estimate of drug-likeness (QED) is 0.748. The standard InChI is InChI=1S/C16H10N6/c17-8-12(9-18)10-20-14-4-2-13(3-5-14)15-11-22-7-1-6-19-16(22)21-15/h1-7,10-11,20H. The summed E-state index contributed by atoms with van der Waals surface area (Å²) in [6.07, 6.45) is 6.89. The van der Waals surface area contributed by atoms with Crippen molar-refractivity contribution in [3.63, 3.8) is 0 Å². The van der Waals surface area contributed by atoms with E-state index in [4.69, 9.17) is 10.5 Å². The fraction of sp³-hybridized carbons (Fsp3) is 0. The molecule has 0 unspecified atom stereocenters. The van der Waals surface area contributed by atoms with Crippen LogP contribution in [0.3, 0.4) is 0 Å². The average molecular weight is 286 g/mol. The van der Waals surface area contributed by atoms with Crippen molar-refractivity contribution in [2.45, 2.75) is 0 Å². The van der Waals surface area contributed by atoms with Gasteiger partial charge >= 0.3 is 0 Å². The number of anilines is 1. The predicted octanol–water partition coefficient (Wildman–Crippen LogP) is 2.74. The van der Waals surface area contributed by atoms with E-state index in [1.165, 1.54) is 6.20 Å². The first-order valence-electron chi connectivity index (χ1n) is 6.47. The van der Waals surface area contributed by atoms with Gasteiger partial charge in [-0.3, -0.25) is 4.40 Å². The molecule has 3 rings (SSSR count). The lowest BCUT2D eigenvalue weighted by Crippen LogP contribution is -1.89. The van der Waals surface area contributed by atoms with Crippen molar-refractivity contribution in [3.05, 3.63) is 60.7 Å². The van der Waals surface area contributed by atoms with Crippen molar-refractivity contribution in [2.75, 3.05) is 5.32 Å². The molecule has 0 bridgehead atoms. The zero-order valence-electron chi connectivity index (χ0n) is 11.4. The summed E-state index contributed by atoms with van der Waals surface area (Å²) in [7, 11) is 0. The van der Waals surface area contributed by atoms with Gasteiger partial charge in [-0.05, 0) is 18.2 Å². The Morgan fingerprint density at radius 1 is 1.18 bits per heavy atom. The first-order valence-corrected chi connectivity index (χ1v) is 6.47. The minimum atomic E-state index is 0.0236. The molecule has 0 atom stereocenters. The maximum Gasteiger partial charge on any atom is 0.234 e. The average Bonchev–Trinajstić information content (AvgIpc) is 3.00. The summed E-state index contributed by atoms with van der Waals surface area (Å²) in [6, 6.07) is 13.0. The van der Waals surface area contributed by atoms with E-state index in [1.54, 1.807) is 18.3 Å². The van der Waals surface area contributed by atoms with Crippen LogP contribution in [-0.2, 0) is 0 Å². The van der Waals surface area contributed by atoms with Crippen LogP contribution >= 0.6 is 0 Å². The van der Waals surface area contributed by atoms with Gasteiger partial charge in [-0.1, -0.05) is 12.1 Å². The summed E-state index contributed by atoms with van der Waals surface area (Å²) in [4.78, 5) is 8.63. The van der Waals surface area contributed by atoms with Crippen LogP contribution in [0.2, 0.25) is 0 Å². The normalized spacial score (nSPS) is 9.73. The van der Waals surface area contributed by atoms with Crippen LogP contribution in [0.4, 0.5) is 5.69 Å². The lowest BCUT2D eigenvalue weighted by molar-refractivity contribution is 1.11. The van der Waals surface area contributed by atoms with Gasteiger partial charge in [0.2, 0.25) is 5.78 Å². The number of nitriles is 2. The predicted molar refractivity (Wildman–Crippen MR) is 81.4 cm³/mol. The van der Waals surface area contributed by atoms with E-state index in [2.05, 4.69) is 15.3 Å². The zero-order valence-corrected chi connectivity index (χ0v) is 11.4. The third-order valence-electron chi connectivity index (χ3n) is 3.04. The molecule has 0 aliphatic heterocycles. The molecular weight excluding hydrogens is 276 g/mol. The van der Waals surface area contributed by atoms with Crippen molar-refractivity contribution in [1.82, 2.24) is 14.4 Å². The highest BCUT2D eigenvalue weighted by molar-refractivity contribution is 5.64. The van der Waals surface area contributed by atoms with E-state index in [0.717, 1.165) is 16.9 Å². The number of imidazole rings is 1. The van der Waals surface area contributed by atoms with Crippen molar-refractivity contribution >= 4 is 11.5 Å². The molecule has 2 heterocycles. The summed E-state index contributed by atoms with van der Waals surface area (Å²) >= 11 is 0. The van der Waals surface area contributed by atoms with Crippen LogP contribution in [0, 0.1) is 22.7 Å². The number of hydrogen-bond donors (Lipinski definition) is 1. The lowest BCUT2D eigenvalue weighted by Gasteiger charge is -2.01. The number of hydrogen-bond acceptors (Lipinski definition) is 5. The first kappa shape index (κ1) is 13.3. The van der Waals surface area contributed by atoms with Gasteiger partial charge in [-0.2, -0.15) is 10.5 Å². The minimum absolute atomic E-state index is 0.0236. The number of nitrogens with zero attached hydrogens (tertiary/aromatic N) is 5. The van der Waals surface area contributed by atoms with Crippen LogP contribution in [-0.4, -0.2) is 14.4 Å². The molecule has 0 amide bonds. The van der Waals surface area contributed by atoms with E-state index in [-0.39, 0.29) is 5.57 Å². The molecule has 1 N–H and O–H groups in total. The fourth-order valence-corrected chi connectivity index (χ4v) is 1.95. The van der Waals surface area contributed by atoms with Crippen molar-refractivity contribution in [2.24, 2.45) is 0 Å². The smallest absolute Gasteiger partial charge is 0.234 e. The Balaban J connectivity index is 1.84. The van der Waals surface area contributed by atoms with E-state index >= 15 is 0 Å². The molecule has 0 aliphatic rings. The van der Waals surface area contributed by atoms with Crippen molar-refractivity contribution in [1.29, 1.82) is 10.5 Å². The molecule has 22 heavy (non-hydrogen) atoms. The zero-order chi connectivity index (χ0) is 15.4. The monoisotopic (exact) mass is 286 g/mol. The number of aromatic nitrogens is 3. The maximum absolute atomic E-state index is 8.67. The third kappa shape index (κ3) is 2.62. The van der Waals surface area contributed by atoms with E-state index in [9.17, 15) is 0 Å². The molecule has 0 saturated carbocycles. The number of rotatable bonds is 3. The summed E-state index contributed by atoms with van der Waals surface area (Å²) in [5.74, 6) is 0.648. The Morgan fingerprint density at radius 3 is 2.64 bits per heavy atom. The topological polar surface area (TPSA) is 89.8 Å². The molecule has 3 aromatic rings.